The second-order valence-electron chi connectivity index (χ2n) is 7.64. The zero-order valence-electron chi connectivity index (χ0n) is 17.6. The van der Waals surface area contributed by atoms with Gasteiger partial charge in [-0.1, -0.05) is 53.5 Å². The van der Waals surface area contributed by atoms with E-state index >= 15 is 0 Å². The molecular weight excluding hydrogens is 477 g/mol. The average Bonchev–Trinajstić information content (AvgIpc) is 3.04. The summed E-state index contributed by atoms with van der Waals surface area (Å²) in [6, 6.07) is 22.9. The van der Waals surface area contributed by atoms with Gasteiger partial charge in [0.2, 0.25) is 5.91 Å². The highest BCUT2D eigenvalue weighted by atomic mass is 35.5. The van der Waals surface area contributed by atoms with Crippen LogP contribution < -0.4 is 10.2 Å². The molecule has 1 saturated heterocycles. The Morgan fingerprint density at radius 3 is 2.15 bits per heavy atom. The number of benzene rings is 3. The summed E-state index contributed by atoms with van der Waals surface area (Å²) < 4.78 is 0. The lowest BCUT2D eigenvalue weighted by Crippen LogP contribution is -2.39. The van der Waals surface area contributed by atoms with Gasteiger partial charge in [-0.2, -0.15) is 0 Å². The van der Waals surface area contributed by atoms with E-state index < -0.39 is 6.04 Å². The number of hydrogen-bond acceptors (Lipinski definition) is 3. The summed E-state index contributed by atoms with van der Waals surface area (Å²) in [7, 11) is 0. The molecular formula is C25H21Cl2N3O2S. The van der Waals surface area contributed by atoms with Crippen LogP contribution in [0.25, 0.3) is 0 Å². The predicted molar refractivity (Wildman–Crippen MR) is 137 cm³/mol. The van der Waals surface area contributed by atoms with Crippen LogP contribution >= 0.6 is 35.4 Å². The van der Waals surface area contributed by atoms with Crippen LogP contribution in [0.1, 0.15) is 12.0 Å². The number of rotatable bonds is 7. The first-order chi connectivity index (χ1) is 15.9. The second kappa shape index (κ2) is 10.3. The molecule has 0 unspecified atom stereocenters. The molecule has 3 aromatic rings. The minimum atomic E-state index is -0.697. The second-order valence-corrected chi connectivity index (χ2v) is 8.87. The molecule has 0 aliphatic carbocycles. The first-order valence-electron chi connectivity index (χ1n) is 10.4. The Balaban J connectivity index is 1.54. The van der Waals surface area contributed by atoms with Crippen molar-refractivity contribution in [1.29, 1.82) is 0 Å². The van der Waals surface area contributed by atoms with Crippen LogP contribution in [0.3, 0.4) is 0 Å². The lowest BCUT2D eigenvalue weighted by Gasteiger charge is -2.24. The molecule has 4 rings (SSSR count). The fourth-order valence-corrected chi connectivity index (χ4v) is 4.39. The lowest BCUT2D eigenvalue weighted by molar-refractivity contribution is -0.124. The van der Waals surface area contributed by atoms with Gasteiger partial charge in [-0.3, -0.25) is 14.5 Å². The molecule has 0 spiro atoms. The molecule has 0 bridgehead atoms. The lowest BCUT2D eigenvalue weighted by atomic mass is 10.1. The average molecular weight is 498 g/mol. The van der Waals surface area contributed by atoms with E-state index in [9.17, 15) is 9.59 Å². The summed E-state index contributed by atoms with van der Waals surface area (Å²) >= 11 is 17.6. The largest absolute Gasteiger partial charge is 0.336 e. The highest BCUT2D eigenvalue weighted by Crippen LogP contribution is 2.28. The number of carbonyl (C=O) groups excluding carboxylic acids is 2. The van der Waals surface area contributed by atoms with Crippen molar-refractivity contribution in [1.82, 2.24) is 4.90 Å². The van der Waals surface area contributed by atoms with Gasteiger partial charge in [0.15, 0.2) is 5.11 Å². The molecule has 2 amide bonds. The molecule has 1 aliphatic heterocycles. The van der Waals surface area contributed by atoms with Crippen molar-refractivity contribution in [3.8, 4) is 0 Å². The van der Waals surface area contributed by atoms with Crippen molar-refractivity contribution in [3.63, 3.8) is 0 Å². The number of thiocarbonyl (C=S) groups is 1. The van der Waals surface area contributed by atoms with Gasteiger partial charge in [-0.05, 0) is 72.7 Å². The minimum Gasteiger partial charge on any atom is -0.336 e. The standard InChI is InChI=1S/C25H21Cl2N3O2S/c26-18-8-6-17(7-9-18)14-15-29-22(16-23(31)28-20-12-10-19(27)11-13-20)24(32)30(25(29)33)21-4-2-1-3-5-21/h1-13,22H,14-16H2,(H,28,31)/t22-/m1/s1. The summed E-state index contributed by atoms with van der Waals surface area (Å²) in [5.41, 5.74) is 2.37. The topological polar surface area (TPSA) is 52.7 Å². The van der Waals surface area contributed by atoms with Gasteiger partial charge in [0.1, 0.15) is 6.04 Å². The van der Waals surface area contributed by atoms with Crippen molar-refractivity contribution in [2.45, 2.75) is 18.9 Å². The smallest absolute Gasteiger partial charge is 0.256 e. The highest BCUT2D eigenvalue weighted by Gasteiger charge is 2.43. The quantitative estimate of drug-likeness (QED) is 0.433. The third-order valence-corrected chi connectivity index (χ3v) is 6.32. The van der Waals surface area contributed by atoms with E-state index in [1.807, 2.05) is 59.5 Å². The normalized spacial score (nSPS) is 15.8. The molecule has 3 aromatic carbocycles. The summed E-state index contributed by atoms with van der Waals surface area (Å²) in [4.78, 5) is 29.5. The van der Waals surface area contributed by atoms with Crippen molar-refractivity contribution >= 4 is 63.7 Å². The Kier molecular flexibility index (Phi) is 7.28. The summed E-state index contributed by atoms with van der Waals surface area (Å²) in [6.07, 6.45) is 0.633. The van der Waals surface area contributed by atoms with E-state index in [1.165, 1.54) is 4.90 Å². The molecule has 1 atom stereocenters. The molecule has 1 fully saturated rings. The number of nitrogens with zero attached hydrogens (tertiary/aromatic N) is 2. The number of para-hydroxylation sites is 1. The Morgan fingerprint density at radius 2 is 1.52 bits per heavy atom. The van der Waals surface area contributed by atoms with Gasteiger partial charge in [0.05, 0.1) is 12.1 Å². The third-order valence-electron chi connectivity index (χ3n) is 5.39. The summed E-state index contributed by atoms with van der Waals surface area (Å²) in [5.74, 6) is -0.488. The van der Waals surface area contributed by atoms with Gasteiger partial charge in [-0.15, -0.1) is 0 Å². The third kappa shape index (κ3) is 5.53. The summed E-state index contributed by atoms with van der Waals surface area (Å²) in [5, 5.41) is 4.47. The number of nitrogens with one attached hydrogen (secondary N) is 1. The van der Waals surface area contributed by atoms with Crippen LogP contribution in [0, 0.1) is 0 Å². The molecule has 33 heavy (non-hydrogen) atoms. The van der Waals surface area contributed by atoms with Crippen molar-refractivity contribution < 1.29 is 9.59 Å². The van der Waals surface area contributed by atoms with Crippen molar-refractivity contribution in [2.75, 3.05) is 16.8 Å². The number of anilines is 2. The molecule has 0 aromatic heterocycles. The van der Waals surface area contributed by atoms with E-state index in [-0.39, 0.29) is 18.2 Å². The van der Waals surface area contributed by atoms with E-state index in [4.69, 9.17) is 35.4 Å². The van der Waals surface area contributed by atoms with Gasteiger partial charge >= 0.3 is 0 Å². The number of carbonyl (C=O) groups is 2. The van der Waals surface area contributed by atoms with Crippen LogP contribution in [0.15, 0.2) is 78.9 Å². The Hall–Kier alpha value is -2.93. The molecule has 1 heterocycles. The van der Waals surface area contributed by atoms with Crippen molar-refractivity contribution in [2.24, 2.45) is 0 Å². The number of halogens is 2. The highest BCUT2D eigenvalue weighted by molar-refractivity contribution is 7.80. The first-order valence-corrected chi connectivity index (χ1v) is 11.6. The predicted octanol–water partition coefficient (Wildman–Crippen LogP) is 5.57. The monoisotopic (exact) mass is 497 g/mol. The van der Waals surface area contributed by atoms with Gasteiger partial charge in [-0.25, -0.2) is 0 Å². The fourth-order valence-electron chi connectivity index (χ4n) is 3.72. The maximum Gasteiger partial charge on any atom is 0.256 e. The molecule has 1 aliphatic rings. The van der Waals surface area contributed by atoms with E-state index in [0.29, 0.717) is 39.5 Å². The zero-order valence-corrected chi connectivity index (χ0v) is 19.9. The Bertz CT molecular complexity index is 1150. The molecule has 0 radical (unpaired) electrons. The van der Waals surface area contributed by atoms with Crippen molar-refractivity contribution in [3.05, 3.63) is 94.5 Å². The van der Waals surface area contributed by atoms with Crippen LogP contribution in [0.2, 0.25) is 10.0 Å². The van der Waals surface area contributed by atoms with E-state index in [1.54, 1.807) is 24.3 Å². The van der Waals surface area contributed by atoms with E-state index in [0.717, 1.165) is 5.56 Å². The van der Waals surface area contributed by atoms with Gasteiger partial charge in [0.25, 0.3) is 5.91 Å². The number of hydrogen-bond donors (Lipinski definition) is 1. The minimum absolute atomic E-state index is 0.0223. The maximum atomic E-state index is 13.4. The van der Waals surface area contributed by atoms with Crippen LogP contribution in [-0.2, 0) is 16.0 Å². The van der Waals surface area contributed by atoms with Crippen LogP contribution in [0.5, 0.6) is 0 Å². The first kappa shape index (κ1) is 23.2. The Labute approximate surface area is 207 Å². The molecule has 5 nitrogen and oxygen atoms in total. The Morgan fingerprint density at radius 1 is 0.909 bits per heavy atom. The summed E-state index contributed by atoms with van der Waals surface area (Å²) in [6.45, 7) is 0.494. The molecule has 1 N–H and O–H groups in total. The fraction of sp³-hybridized carbons (Fsp3) is 0.160. The van der Waals surface area contributed by atoms with Gasteiger partial charge in [0, 0.05) is 22.3 Å². The SMILES string of the molecule is O=C(C[C@@H]1C(=O)N(c2ccccc2)C(=S)N1CCc1ccc(Cl)cc1)Nc1ccc(Cl)cc1. The number of amides is 2. The van der Waals surface area contributed by atoms with E-state index in [2.05, 4.69) is 5.32 Å². The van der Waals surface area contributed by atoms with Gasteiger partial charge < -0.3 is 10.2 Å². The zero-order chi connectivity index (χ0) is 23.4. The van der Waals surface area contributed by atoms with Crippen LogP contribution in [0.4, 0.5) is 11.4 Å². The molecule has 8 heteroatoms. The maximum absolute atomic E-state index is 13.4. The molecule has 0 saturated carbocycles. The molecule has 168 valence electrons. The van der Waals surface area contributed by atoms with Crippen LogP contribution in [-0.4, -0.2) is 34.4 Å².